The SMILES string of the molecule is COCC1CN(c2nn(CC(F)(F)F)c3cc(-c4[nH]ncc4NC(=O)N4CCCCC45CC5)ncc23)C1. The summed E-state index contributed by atoms with van der Waals surface area (Å²) in [5, 5.41) is 14.7. The third-order valence-corrected chi connectivity index (χ3v) is 7.66. The summed E-state index contributed by atoms with van der Waals surface area (Å²) in [6, 6.07) is 1.38. The quantitative estimate of drug-likeness (QED) is 0.511. The molecule has 3 aliphatic rings. The predicted molar refractivity (Wildman–Crippen MR) is 130 cm³/mol. The number of rotatable bonds is 6. The zero-order chi connectivity index (χ0) is 25.8. The van der Waals surface area contributed by atoms with Crippen molar-refractivity contribution in [1.82, 2.24) is 29.9 Å². The highest BCUT2D eigenvalue weighted by molar-refractivity contribution is 5.96. The molecule has 1 spiro atoms. The summed E-state index contributed by atoms with van der Waals surface area (Å²) in [6.45, 7) is 1.40. The van der Waals surface area contributed by atoms with Gasteiger partial charge in [0.2, 0.25) is 0 Å². The Morgan fingerprint density at radius 2 is 2.05 bits per heavy atom. The Balaban J connectivity index is 1.29. The molecular formula is C24H29F3N8O2. The summed E-state index contributed by atoms with van der Waals surface area (Å²) in [5.74, 6) is 0.787. The molecular weight excluding hydrogens is 489 g/mol. The number of nitrogens with one attached hydrogen (secondary N) is 2. The van der Waals surface area contributed by atoms with Gasteiger partial charge >= 0.3 is 12.2 Å². The number of aromatic nitrogens is 5. The van der Waals surface area contributed by atoms with Gasteiger partial charge in [0.25, 0.3) is 0 Å². The second-order valence-corrected chi connectivity index (χ2v) is 10.3. The van der Waals surface area contributed by atoms with Crippen LogP contribution in [0.15, 0.2) is 18.5 Å². The molecule has 0 aromatic carbocycles. The molecule has 0 atom stereocenters. The lowest BCUT2D eigenvalue weighted by molar-refractivity contribution is -0.141. The highest BCUT2D eigenvalue weighted by atomic mass is 19.4. The van der Waals surface area contributed by atoms with Gasteiger partial charge in [-0.15, -0.1) is 0 Å². The first-order chi connectivity index (χ1) is 17.8. The maximum atomic E-state index is 13.4. The second kappa shape index (κ2) is 8.89. The van der Waals surface area contributed by atoms with Crippen molar-refractivity contribution in [1.29, 1.82) is 0 Å². The van der Waals surface area contributed by atoms with Crippen molar-refractivity contribution < 1.29 is 22.7 Å². The summed E-state index contributed by atoms with van der Waals surface area (Å²) in [5.41, 5.74) is 1.53. The number of carbonyl (C=O) groups excluding carboxylic acids is 1. The van der Waals surface area contributed by atoms with Gasteiger partial charge in [0, 0.05) is 44.4 Å². The minimum atomic E-state index is -4.44. The first kappa shape index (κ1) is 24.0. The molecule has 0 radical (unpaired) electrons. The highest BCUT2D eigenvalue weighted by Crippen LogP contribution is 2.48. The van der Waals surface area contributed by atoms with Crippen molar-refractivity contribution in [3.05, 3.63) is 18.5 Å². The fraction of sp³-hybridized carbons (Fsp3) is 0.583. The number of amides is 2. The molecule has 37 heavy (non-hydrogen) atoms. The van der Waals surface area contributed by atoms with Crippen LogP contribution in [0.4, 0.5) is 29.5 Å². The summed E-state index contributed by atoms with van der Waals surface area (Å²) in [7, 11) is 1.63. The van der Waals surface area contributed by atoms with Gasteiger partial charge in [0.1, 0.15) is 12.2 Å². The van der Waals surface area contributed by atoms with Crippen molar-refractivity contribution >= 4 is 28.4 Å². The number of alkyl halides is 3. The number of aromatic amines is 1. The van der Waals surface area contributed by atoms with Crippen molar-refractivity contribution in [2.24, 2.45) is 5.92 Å². The molecule has 6 rings (SSSR count). The topological polar surface area (TPSA) is 104 Å². The summed E-state index contributed by atoms with van der Waals surface area (Å²) >= 11 is 0. The van der Waals surface area contributed by atoms with Gasteiger partial charge in [0.05, 0.1) is 35.1 Å². The van der Waals surface area contributed by atoms with Gasteiger partial charge in [-0.05, 0) is 38.2 Å². The largest absolute Gasteiger partial charge is 0.408 e. The third kappa shape index (κ3) is 4.49. The monoisotopic (exact) mass is 518 g/mol. The van der Waals surface area contributed by atoms with Gasteiger partial charge in [0.15, 0.2) is 5.82 Å². The van der Waals surface area contributed by atoms with Crippen LogP contribution in [0.25, 0.3) is 22.3 Å². The number of carbonyl (C=O) groups is 1. The lowest BCUT2D eigenvalue weighted by Crippen LogP contribution is -2.49. The minimum Gasteiger partial charge on any atom is -0.384 e. The van der Waals surface area contributed by atoms with E-state index in [0.29, 0.717) is 66.0 Å². The number of methoxy groups -OCH3 is 1. The van der Waals surface area contributed by atoms with Crippen LogP contribution in [0.1, 0.15) is 32.1 Å². The molecule has 0 bridgehead atoms. The molecule has 3 fully saturated rings. The van der Waals surface area contributed by atoms with Crippen LogP contribution < -0.4 is 10.2 Å². The molecule has 10 nitrogen and oxygen atoms in total. The van der Waals surface area contributed by atoms with Gasteiger partial charge in [-0.1, -0.05) is 0 Å². The zero-order valence-corrected chi connectivity index (χ0v) is 20.5. The van der Waals surface area contributed by atoms with Gasteiger partial charge in [-0.3, -0.25) is 14.8 Å². The number of nitrogens with zero attached hydrogens (tertiary/aromatic N) is 6. The number of urea groups is 1. The zero-order valence-electron chi connectivity index (χ0n) is 20.5. The van der Waals surface area contributed by atoms with Gasteiger partial charge < -0.3 is 19.9 Å². The van der Waals surface area contributed by atoms with E-state index in [2.05, 4.69) is 25.6 Å². The van der Waals surface area contributed by atoms with Crippen LogP contribution in [0.5, 0.6) is 0 Å². The third-order valence-electron chi connectivity index (χ3n) is 7.66. The van der Waals surface area contributed by atoms with Crippen LogP contribution in [0.3, 0.4) is 0 Å². The second-order valence-electron chi connectivity index (χ2n) is 10.3. The van der Waals surface area contributed by atoms with E-state index in [9.17, 15) is 18.0 Å². The van der Waals surface area contributed by atoms with Gasteiger partial charge in [-0.25, -0.2) is 4.79 Å². The highest BCUT2D eigenvalue weighted by Gasteiger charge is 2.51. The molecule has 5 heterocycles. The Morgan fingerprint density at radius 1 is 1.24 bits per heavy atom. The molecule has 2 saturated heterocycles. The number of H-pyrrole nitrogens is 1. The first-order valence-corrected chi connectivity index (χ1v) is 12.6. The molecule has 2 amide bonds. The Morgan fingerprint density at radius 3 is 2.78 bits per heavy atom. The fourth-order valence-electron chi connectivity index (χ4n) is 5.63. The Hall–Kier alpha value is -3.35. The smallest absolute Gasteiger partial charge is 0.384 e. The lowest BCUT2D eigenvalue weighted by atomic mass is 10.0. The number of fused-ring (bicyclic) bond motifs is 1. The van der Waals surface area contributed by atoms with Crippen LogP contribution in [-0.2, 0) is 11.3 Å². The predicted octanol–water partition coefficient (Wildman–Crippen LogP) is 4.02. The van der Waals surface area contributed by atoms with E-state index in [1.165, 1.54) is 6.20 Å². The number of likely N-dealkylation sites (tertiary alicyclic amines) is 1. The number of hydrogen-bond acceptors (Lipinski definition) is 6. The maximum absolute atomic E-state index is 13.4. The van der Waals surface area contributed by atoms with E-state index in [1.807, 2.05) is 9.80 Å². The molecule has 1 saturated carbocycles. The van der Waals surface area contributed by atoms with E-state index >= 15 is 0 Å². The number of ether oxygens (including phenoxy) is 1. The summed E-state index contributed by atoms with van der Waals surface area (Å²) < 4.78 is 46.3. The number of anilines is 2. The molecule has 13 heteroatoms. The molecule has 0 unspecified atom stereocenters. The van der Waals surface area contributed by atoms with E-state index in [1.54, 1.807) is 19.4 Å². The summed E-state index contributed by atoms with van der Waals surface area (Å²) in [4.78, 5) is 21.5. The van der Waals surface area contributed by atoms with Crippen molar-refractivity contribution in [3.63, 3.8) is 0 Å². The minimum absolute atomic E-state index is 0.0248. The number of piperidine rings is 1. The first-order valence-electron chi connectivity index (χ1n) is 12.6. The molecule has 3 aromatic rings. The van der Waals surface area contributed by atoms with Crippen LogP contribution in [0.2, 0.25) is 0 Å². The Kier molecular flexibility index (Phi) is 5.77. The average molecular weight is 519 g/mol. The number of hydrogen-bond donors (Lipinski definition) is 2. The van der Waals surface area contributed by atoms with Crippen molar-refractivity contribution in [2.75, 3.05) is 43.6 Å². The van der Waals surface area contributed by atoms with Crippen molar-refractivity contribution in [3.8, 4) is 11.4 Å². The van der Waals surface area contributed by atoms with E-state index in [0.717, 1.165) is 36.8 Å². The maximum Gasteiger partial charge on any atom is 0.408 e. The Labute approximate surface area is 211 Å². The normalized spacial score (nSPS) is 19.5. The van der Waals surface area contributed by atoms with Crippen LogP contribution in [0, 0.1) is 5.92 Å². The molecule has 198 valence electrons. The summed E-state index contributed by atoms with van der Waals surface area (Å²) in [6.07, 6.45) is 3.76. The standard InChI is InChI=1S/C24H29F3N8O2/c1-37-13-15-11-33(12-15)21-16-9-28-17(8-19(16)35(32-21)14-24(25,26)27)20-18(10-29-31-20)30-22(36)34-7-3-2-4-23(34)5-6-23/h8-10,15H,2-7,11-14H2,1H3,(H,29,31)(H,30,36). The van der Waals surface area contributed by atoms with Gasteiger partial charge in [-0.2, -0.15) is 23.4 Å². The van der Waals surface area contributed by atoms with Crippen molar-refractivity contribution in [2.45, 2.75) is 50.4 Å². The van der Waals surface area contributed by atoms with E-state index in [-0.39, 0.29) is 11.6 Å². The molecule has 1 aliphatic carbocycles. The molecule has 3 aromatic heterocycles. The van der Waals surface area contributed by atoms with Crippen LogP contribution >= 0.6 is 0 Å². The Bertz CT molecular complexity index is 1310. The van der Waals surface area contributed by atoms with E-state index in [4.69, 9.17) is 4.74 Å². The number of halogens is 3. The molecule has 2 aliphatic heterocycles. The molecule has 2 N–H and O–H groups in total. The lowest BCUT2D eigenvalue weighted by Gasteiger charge is -2.39. The number of pyridine rings is 1. The average Bonchev–Trinajstić information content (AvgIpc) is 3.28. The van der Waals surface area contributed by atoms with Crippen LogP contribution in [-0.4, -0.2) is 81.0 Å². The fourth-order valence-corrected chi connectivity index (χ4v) is 5.63. The van der Waals surface area contributed by atoms with E-state index < -0.39 is 12.7 Å².